The molecule has 1 unspecified atom stereocenters. The number of anilines is 2. The molecule has 0 aliphatic heterocycles. The maximum absolute atomic E-state index is 12.8. The fraction of sp³-hybridized carbons (Fsp3) is 0.154. The van der Waals surface area contributed by atoms with Crippen LogP contribution < -0.4 is 20.1 Å². The topological polar surface area (TPSA) is 107 Å². The fourth-order valence-corrected chi connectivity index (χ4v) is 3.29. The lowest BCUT2D eigenvalue weighted by atomic mass is 10.1. The first-order valence-electron chi connectivity index (χ1n) is 10.9. The number of hydrogen-bond donors (Lipinski definition) is 2. The third-order valence-corrected chi connectivity index (χ3v) is 5.29. The van der Waals surface area contributed by atoms with Crippen LogP contribution in [0.2, 0.25) is 0 Å². The highest BCUT2D eigenvalue weighted by Crippen LogP contribution is 2.29. The third kappa shape index (κ3) is 6.02. The Morgan fingerprint density at radius 1 is 0.943 bits per heavy atom. The van der Waals surface area contributed by atoms with Crippen LogP contribution in [0, 0.1) is 0 Å². The number of aromatic nitrogens is 3. The van der Waals surface area contributed by atoms with Gasteiger partial charge in [0.25, 0.3) is 5.91 Å². The molecule has 4 aromatic rings. The number of rotatable bonds is 9. The lowest BCUT2D eigenvalue weighted by molar-refractivity contribution is -0.119. The Balaban J connectivity index is 1.36. The molecule has 1 aromatic heterocycles. The Kier molecular flexibility index (Phi) is 7.37. The van der Waals surface area contributed by atoms with Crippen molar-refractivity contribution in [1.82, 2.24) is 14.8 Å². The minimum absolute atomic E-state index is 0.228. The number of nitrogens with one attached hydrogen (secondary N) is 2. The largest absolute Gasteiger partial charge is 0.493 e. The standard InChI is InChI=1S/C26H25N5O4/c1-18(31-17-27-16-28-31)25(32)29-21-9-11-22(12-10-21)30-26(33)20-8-13-23(24(14-20)34-2)35-15-19-6-4-3-5-7-19/h3-14,16-18H,15H2,1-2H3,(H,29,32)(H,30,33). The molecule has 3 aromatic carbocycles. The van der Waals surface area contributed by atoms with Crippen LogP contribution in [0.4, 0.5) is 11.4 Å². The molecule has 9 heteroatoms. The van der Waals surface area contributed by atoms with E-state index in [1.165, 1.54) is 24.4 Å². The van der Waals surface area contributed by atoms with Crippen molar-refractivity contribution in [3.8, 4) is 11.5 Å². The first-order valence-corrected chi connectivity index (χ1v) is 10.9. The summed E-state index contributed by atoms with van der Waals surface area (Å²) < 4.78 is 12.7. The number of nitrogens with zero attached hydrogens (tertiary/aromatic N) is 3. The van der Waals surface area contributed by atoms with Gasteiger partial charge in [-0.3, -0.25) is 9.59 Å². The highest BCUT2D eigenvalue weighted by molar-refractivity contribution is 6.04. The molecule has 4 rings (SSSR count). The van der Waals surface area contributed by atoms with Crippen molar-refractivity contribution in [2.45, 2.75) is 19.6 Å². The van der Waals surface area contributed by atoms with Gasteiger partial charge in [0.15, 0.2) is 11.5 Å². The summed E-state index contributed by atoms with van der Waals surface area (Å²) in [6.45, 7) is 2.12. The molecule has 0 bridgehead atoms. The molecule has 0 saturated carbocycles. The van der Waals surface area contributed by atoms with Crippen molar-refractivity contribution in [3.63, 3.8) is 0 Å². The molecule has 0 aliphatic carbocycles. The predicted molar refractivity (Wildman–Crippen MR) is 132 cm³/mol. The quantitative estimate of drug-likeness (QED) is 0.377. The van der Waals surface area contributed by atoms with Gasteiger partial charge in [-0.15, -0.1) is 0 Å². The Bertz CT molecular complexity index is 1280. The Morgan fingerprint density at radius 2 is 1.66 bits per heavy atom. The van der Waals surface area contributed by atoms with E-state index in [-0.39, 0.29) is 11.8 Å². The van der Waals surface area contributed by atoms with E-state index >= 15 is 0 Å². The van der Waals surface area contributed by atoms with Crippen molar-refractivity contribution < 1.29 is 19.1 Å². The molecule has 0 radical (unpaired) electrons. The number of carbonyl (C=O) groups excluding carboxylic acids is 2. The van der Waals surface area contributed by atoms with Crippen LogP contribution >= 0.6 is 0 Å². The molecule has 2 N–H and O–H groups in total. The van der Waals surface area contributed by atoms with Crippen LogP contribution in [0.5, 0.6) is 11.5 Å². The minimum atomic E-state index is -0.508. The predicted octanol–water partition coefficient (Wildman–Crippen LogP) is 4.32. The SMILES string of the molecule is COc1cc(C(=O)Nc2ccc(NC(=O)C(C)n3cncn3)cc2)ccc1OCc1ccccc1. The lowest BCUT2D eigenvalue weighted by Gasteiger charge is -2.13. The second kappa shape index (κ2) is 11.0. The summed E-state index contributed by atoms with van der Waals surface area (Å²) >= 11 is 0. The van der Waals surface area contributed by atoms with Gasteiger partial charge < -0.3 is 20.1 Å². The number of benzene rings is 3. The van der Waals surface area contributed by atoms with Crippen LogP contribution in [0.15, 0.2) is 85.5 Å². The number of carbonyl (C=O) groups is 2. The summed E-state index contributed by atoms with van der Waals surface area (Å²) in [7, 11) is 1.53. The second-order valence-electron chi connectivity index (χ2n) is 7.71. The summed E-state index contributed by atoms with van der Waals surface area (Å²) in [5.41, 5.74) is 2.64. The third-order valence-electron chi connectivity index (χ3n) is 5.29. The average molecular weight is 472 g/mol. The Morgan fingerprint density at radius 3 is 2.31 bits per heavy atom. The number of methoxy groups -OCH3 is 1. The summed E-state index contributed by atoms with van der Waals surface area (Å²) in [6, 6.07) is 21.2. The maximum atomic E-state index is 12.8. The number of ether oxygens (including phenoxy) is 2. The van der Waals surface area contributed by atoms with Crippen LogP contribution in [-0.4, -0.2) is 33.7 Å². The Hall–Kier alpha value is -4.66. The zero-order valence-corrected chi connectivity index (χ0v) is 19.3. The average Bonchev–Trinajstić information content (AvgIpc) is 3.43. The number of amides is 2. The van der Waals surface area contributed by atoms with E-state index in [0.717, 1.165) is 5.56 Å². The molecular weight excluding hydrogens is 446 g/mol. The van der Waals surface area contributed by atoms with E-state index in [1.807, 2.05) is 30.3 Å². The van der Waals surface area contributed by atoms with Gasteiger partial charge >= 0.3 is 0 Å². The highest BCUT2D eigenvalue weighted by Gasteiger charge is 2.16. The minimum Gasteiger partial charge on any atom is -0.493 e. The van der Waals surface area contributed by atoms with Crippen LogP contribution in [0.25, 0.3) is 0 Å². The molecule has 2 amide bonds. The smallest absolute Gasteiger partial charge is 0.255 e. The zero-order valence-electron chi connectivity index (χ0n) is 19.3. The van der Waals surface area contributed by atoms with Gasteiger partial charge in [-0.2, -0.15) is 5.10 Å². The van der Waals surface area contributed by atoms with Crippen molar-refractivity contribution in [1.29, 1.82) is 0 Å². The molecule has 178 valence electrons. The summed E-state index contributed by atoms with van der Waals surface area (Å²) in [5.74, 6) is 0.490. The van der Waals surface area contributed by atoms with Crippen molar-refractivity contribution in [2.24, 2.45) is 0 Å². The van der Waals surface area contributed by atoms with Crippen molar-refractivity contribution in [2.75, 3.05) is 17.7 Å². The normalized spacial score (nSPS) is 11.4. The molecule has 0 saturated heterocycles. The molecule has 9 nitrogen and oxygen atoms in total. The van der Waals surface area contributed by atoms with E-state index < -0.39 is 6.04 Å². The van der Waals surface area contributed by atoms with E-state index in [1.54, 1.807) is 49.4 Å². The lowest BCUT2D eigenvalue weighted by Crippen LogP contribution is -2.24. The first kappa shape index (κ1) is 23.5. The van der Waals surface area contributed by atoms with Gasteiger partial charge in [-0.05, 0) is 55.0 Å². The molecule has 0 spiro atoms. The first-order chi connectivity index (χ1) is 17.0. The van der Waals surface area contributed by atoms with Crippen LogP contribution in [0.1, 0.15) is 28.9 Å². The summed E-state index contributed by atoms with van der Waals surface area (Å²) in [4.78, 5) is 29.0. The molecule has 1 heterocycles. The molecular formula is C26H25N5O4. The van der Waals surface area contributed by atoms with E-state index in [2.05, 4.69) is 20.7 Å². The van der Waals surface area contributed by atoms with Gasteiger partial charge in [0.1, 0.15) is 25.3 Å². The fourth-order valence-electron chi connectivity index (χ4n) is 3.29. The van der Waals surface area contributed by atoms with Gasteiger partial charge in [0.2, 0.25) is 5.91 Å². The van der Waals surface area contributed by atoms with Crippen LogP contribution in [-0.2, 0) is 11.4 Å². The summed E-state index contributed by atoms with van der Waals surface area (Å²) in [6.07, 6.45) is 2.86. The van der Waals surface area contributed by atoms with Gasteiger partial charge in [0, 0.05) is 16.9 Å². The number of hydrogen-bond acceptors (Lipinski definition) is 6. The van der Waals surface area contributed by atoms with Gasteiger partial charge in [-0.1, -0.05) is 30.3 Å². The molecule has 0 aliphatic rings. The van der Waals surface area contributed by atoms with E-state index in [4.69, 9.17) is 9.47 Å². The van der Waals surface area contributed by atoms with Crippen molar-refractivity contribution >= 4 is 23.2 Å². The Labute approximate surface area is 202 Å². The van der Waals surface area contributed by atoms with Gasteiger partial charge in [0.05, 0.1) is 7.11 Å². The molecule has 35 heavy (non-hydrogen) atoms. The zero-order chi connectivity index (χ0) is 24.6. The summed E-state index contributed by atoms with van der Waals surface area (Å²) in [5, 5.41) is 9.64. The highest BCUT2D eigenvalue weighted by atomic mass is 16.5. The van der Waals surface area contributed by atoms with E-state index in [9.17, 15) is 9.59 Å². The molecule has 1 atom stereocenters. The van der Waals surface area contributed by atoms with Crippen LogP contribution in [0.3, 0.4) is 0 Å². The maximum Gasteiger partial charge on any atom is 0.255 e. The monoisotopic (exact) mass is 471 g/mol. The van der Waals surface area contributed by atoms with Gasteiger partial charge in [-0.25, -0.2) is 9.67 Å². The van der Waals surface area contributed by atoms with Crippen molar-refractivity contribution in [3.05, 3.63) is 96.6 Å². The van der Waals surface area contributed by atoms with E-state index in [0.29, 0.717) is 35.0 Å². The molecule has 0 fully saturated rings. The second-order valence-corrected chi connectivity index (χ2v) is 7.71.